The summed E-state index contributed by atoms with van der Waals surface area (Å²) in [6, 6.07) is 0.852. The average molecular weight is 139 g/mol. The van der Waals surface area contributed by atoms with E-state index in [1.807, 2.05) is 0 Å². The van der Waals surface area contributed by atoms with Crippen LogP contribution in [-0.4, -0.2) is 30.3 Å². The molecule has 0 aromatic carbocycles. The van der Waals surface area contributed by atoms with Crippen molar-refractivity contribution in [2.75, 3.05) is 13.1 Å². The highest BCUT2D eigenvalue weighted by molar-refractivity contribution is 5.54. The van der Waals surface area contributed by atoms with Crippen molar-refractivity contribution in [2.45, 2.75) is 25.3 Å². The van der Waals surface area contributed by atoms with Gasteiger partial charge in [-0.05, 0) is 25.8 Å². The minimum Gasteiger partial charge on any atom is -0.303 e. The van der Waals surface area contributed by atoms with Crippen molar-refractivity contribution in [1.82, 2.24) is 4.90 Å². The summed E-state index contributed by atoms with van der Waals surface area (Å²) in [5.74, 6) is 0.348. The van der Waals surface area contributed by atoms with Crippen molar-refractivity contribution >= 4 is 6.29 Å². The van der Waals surface area contributed by atoms with Gasteiger partial charge >= 0.3 is 0 Å². The van der Waals surface area contributed by atoms with Crippen molar-refractivity contribution in [3.05, 3.63) is 0 Å². The van der Waals surface area contributed by atoms with Crippen molar-refractivity contribution < 1.29 is 4.79 Å². The van der Waals surface area contributed by atoms with E-state index in [2.05, 4.69) is 4.90 Å². The van der Waals surface area contributed by atoms with E-state index in [4.69, 9.17) is 0 Å². The molecular formula is C8H13NO. The zero-order valence-corrected chi connectivity index (χ0v) is 6.12. The molecule has 0 N–H and O–H groups in total. The average Bonchev–Trinajstić information content (AvgIpc) is 2.70. The Labute approximate surface area is 61.2 Å². The van der Waals surface area contributed by atoms with Crippen LogP contribution in [0.4, 0.5) is 0 Å². The normalized spacial score (nSPS) is 34.6. The van der Waals surface area contributed by atoms with Gasteiger partial charge in [0.15, 0.2) is 0 Å². The van der Waals surface area contributed by atoms with Crippen LogP contribution in [0, 0.1) is 5.92 Å². The summed E-state index contributed by atoms with van der Waals surface area (Å²) in [5, 5.41) is 0. The molecule has 0 amide bonds. The number of carbonyl (C=O) groups is 1. The van der Waals surface area contributed by atoms with Gasteiger partial charge in [-0.1, -0.05) is 0 Å². The van der Waals surface area contributed by atoms with E-state index >= 15 is 0 Å². The first-order valence-electron chi connectivity index (χ1n) is 4.09. The maximum Gasteiger partial charge on any atom is 0.124 e. The lowest BCUT2D eigenvalue weighted by Crippen LogP contribution is -2.22. The monoisotopic (exact) mass is 139 g/mol. The molecule has 1 heterocycles. The van der Waals surface area contributed by atoms with E-state index < -0.39 is 0 Å². The van der Waals surface area contributed by atoms with E-state index in [0.717, 1.165) is 31.8 Å². The van der Waals surface area contributed by atoms with Crippen LogP contribution >= 0.6 is 0 Å². The Morgan fingerprint density at radius 1 is 1.30 bits per heavy atom. The minimum atomic E-state index is 0.348. The molecule has 2 nitrogen and oxygen atoms in total. The molecule has 1 aliphatic carbocycles. The predicted octanol–water partition coefficient (Wildman–Crippen LogP) is 0.670. The second kappa shape index (κ2) is 2.35. The predicted molar refractivity (Wildman–Crippen MR) is 38.8 cm³/mol. The van der Waals surface area contributed by atoms with Gasteiger partial charge in [0, 0.05) is 18.5 Å². The molecule has 2 aliphatic rings. The molecule has 1 saturated carbocycles. The second-order valence-corrected chi connectivity index (χ2v) is 3.41. The number of hydrogen-bond donors (Lipinski definition) is 0. The lowest BCUT2D eigenvalue weighted by atomic mass is 10.1. The number of nitrogens with zero attached hydrogens (tertiary/aromatic N) is 1. The van der Waals surface area contributed by atoms with Gasteiger partial charge < -0.3 is 4.79 Å². The summed E-state index contributed by atoms with van der Waals surface area (Å²) < 4.78 is 0. The molecule has 2 fully saturated rings. The Bertz CT molecular complexity index is 142. The topological polar surface area (TPSA) is 20.3 Å². The summed E-state index contributed by atoms with van der Waals surface area (Å²) in [6.45, 7) is 2.20. The Balaban J connectivity index is 1.86. The van der Waals surface area contributed by atoms with E-state index in [1.54, 1.807) is 0 Å². The van der Waals surface area contributed by atoms with Crippen LogP contribution in [-0.2, 0) is 4.79 Å². The highest BCUT2D eigenvalue weighted by atomic mass is 16.1. The summed E-state index contributed by atoms with van der Waals surface area (Å²) in [6.07, 6.45) is 4.94. The summed E-state index contributed by atoms with van der Waals surface area (Å²) in [5.41, 5.74) is 0. The molecule has 0 spiro atoms. The van der Waals surface area contributed by atoms with Crippen LogP contribution in [0.15, 0.2) is 0 Å². The quantitative estimate of drug-likeness (QED) is 0.524. The number of aldehydes is 1. The molecule has 0 bridgehead atoms. The molecule has 2 rings (SSSR count). The smallest absolute Gasteiger partial charge is 0.124 e. The van der Waals surface area contributed by atoms with Gasteiger partial charge in [-0.15, -0.1) is 0 Å². The Kier molecular flexibility index (Phi) is 1.49. The molecule has 1 aliphatic heterocycles. The molecule has 56 valence electrons. The van der Waals surface area contributed by atoms with E-state index in [1.165, 1.54) is 12.8 Å². The standard InChI is InChI=1S/C8H13NO/c10-6-7-3-4-9(5-7)8-1-2-8/h6-8H,1-5H2. The fraction of sp³-hybridized carbons (Fsp3) is 0.875. The molecule has 2 heteroatoms. The summed E-state index contributed by atoms with van der Waals surface area (Å²) in [7, 11) is 0. The second-order valence-electron chi connectivity index (χ2n) is 3.41. The molecule has 0 aromatic heterocycles. The molecular weight excluding hydrogens is 126 g/mol. The molecule has 10 heavy (non-hydrogen) atoms. The van der Waals surface area contributed by atoms with Crippen LogP contribution in [0.1, 0.15) is 19.3 Å². The van der Waals surface area contributed by atoms with E-state index in [9.17, 15) is 4.79 Å². The fourth-order valence-corrected chi connectivity index (χ4v) is 1.70. The van der Waals surface area contributed by atoms with Gasteiger partial charge in [-0.3, -0.25) is 4.90 Å². The zero-order valence-electron chi connectivity index (χ0n) is 6.12. The summed E-state index contributed by atoms with van der Waals surface area (Å²) >= 11 is 0. The van der Waals surface area contributed by atoms with Gasteiger partial charge in [0.25, 0.3) is 0 Å². The molecule has 1 unspecified atom stereocenters. The Morgan fingerprint density at radius 2 is 2.10 bits per heavy atom. The van der Waals surface area contributed by atoms with Crippen molar-refractivity contribution in [3.63, 3.8) is 0 Å². The fourth-order valence-electron chi connectivity index (χ4n) is 1.70. The van der Waals surface area contributed by atoms with Crippen LogP contribution in [0.3, 0.4) is 0 Å². The van der Waals surface area contributed by atoms with Crippen molar-refractivity contribution in [3.8, 4) is 0 Å². The maximum absolute atomic E-state index is 10.4. The molecule has 0 aromatic rings. The third kappa shape index (κ3) is 1.08. The largest absolute Gasteiger partial charge is 0.303 e. The number of rotatable bonds is 2. The van der Waals surface area contributed by atoms with Crippen molar-refractivity contribution in [1.29, 1.82) is 0 Å². The third-order valence-electron chi connectivity index (χ3n) is 2.51. The zero-order chi connectivity index (χ0) is 6.97. The van der Waals surface area contributed by atoms with Crippen LogP contribution in [0.2, 0.25) is 0 Å². The Morgan fingerprint density at radius 3 is 2.60 bits per heavy atom. The molecule has 0 radical (unpaired) electrons. The lowest BCUT2D eigenvalue weighted by molar-refractivity contribution is -0.110. The van der Waals surface area contributed by atoms with Gasteiger partial charge in [-0.2, -0.15) is 0 Å². The van der Waals surface area contributed by atoms with Gasteiger partial charge in [0.05, 0.1) is 0 Å². The van der Waals surface area contributed by atoms with Gasteiger partial charge in [0.1, 0.15) is 6.29 Å². The highest BCUT2D eigenvalue weighted by Crippen LogP contribution is 2.30. The first-order valence-corrected chi connectivity index (χ1v) is 4.09. The highest BCUT2D eigenvalue weighted by Gasteiger charge is 2.33. The number of likely N-dealkylation sites (tertiary alicyclic amines) is 1. The molecule has 1 saturated heterocycles. The van der Waals surface area contributed by atoms with E-state index in [0.29, 0.717) is 5.92 Å². The first kappa shape index (κ1) is 6.35. The van der Waals surface area contributed by atoms with Gasteiger partial charge in [0.2, 0.25) is 0 Å². The van der Waals surface area contributed by atoms with Crippen LogP contribution in [0.5, 0.6) is 0 Å². The first-order chi connectivity index (χ1) is 4.90. The summed E-state index contributed by atoms with van der Waals surface area (Å²) in [4.78, 5) is 12.8. The Hall–Kier alpha value is -0.370. The van der Waals surface area contributed by atoms with Gasteiger partial charge in [-0.25, -0.2) is 0 Å². The SMILES string of the molecule is O=CC1CCN(C2CC2)C1. The molecule has 1 atom stereocenters. The van der Waals surface area contributed by atoms with Crippen LogP contribution in [0.25, 0.3) is 0 Å². The minimum absolute atomic E-state index is 0.348. The lowest BCUT2D eigenvalue weighted by Gasteiger charge is -2.12. The number of hydrogen-bond acceptors (Lipinski definition) is 2. The maximum atomic E-state index is 10.4. The van der Waals surface area contributed by atoms with Crippen LogP contribution < -0.4 is 0 Å². The van der Waals surface area contributed by atoms with Crippen molar-refractivity contribution in [2.24, 2.45) is 5.92 Å². The number of carbonyl (C=O) groups excluding carboxylic acids is 1. The third-order valence-corrected chi connectivity index (χ3v) is 2.51. The van der Waals surface area contributed by atoms with E-state index in [-0.39, 0.29) is 0 Å².